The van der Waals surface area contributed by atoms with Crippen LogP contribution >= 0.6 is 12.2 Å². The fourth-order valence-corrected chi connectivity index (χ4v) is 3.35. The van der Waals surface area contributed by atoms with Gasteiger partial charge in [0.05, 0.1) is 5.69 Å². The lowest BCUT2D eigenvalue weighted by Crippen LogP contribution is -2.41. The summed E-state index contributed by atoms with van der Waals surface area (Å²) in [4.78, 5) is 16.1. The maximum absolute atomic E-state index is 12.2. The summed E-state index contributed by atoms with van der Waals surface area (Å²) in [7, 11) is 0. The molecule has 1 amide bonds. The van der Waals surface area contributed by atoms with Crippen molar-refractivity contribution in [2.24, 2.45) is 5.41 Å². The average Bonchev–Trinajstić information content (AvgIpc) is 3.11. The molecule has 1 aromatic heterocycles. The molecule has 164 valence electrons. The van der Waals surface area contributed by atoms with E-state index in [9.17, 15) is 4.79 Å². The number of thiocarbonyl (C=S) groups is 1. The lowest BCUT2D eigenvalue weighted by atomic mass is 9.96. The molecule has 0 aliphatic carbocycles. The number of fused-ring (bicyclic) bond motifs is 1. The minimum absolute atomic E-state index is 0.136. The highest BCUT2D eigenvalue weighted by Gasteiger charge is 2.22. The molecule has 0 saturated heterocycles. The highest BCUT2D eigenvalue weighted by Crippen LogP contribution is 2.23. The van der Waals surface area contributed by atoms with Crippen molar-refractivity contribution < 1.29 is 4.79 Å². The van der Waals surface area contributed by atoms with Crippen molar-refractivity contribution in [1.29, 1.82) is 0 Å². The zero-order valence-electron chi connectivity index (χ0n) is 19.0. The number of amides is 1. The molecule has 3 rings (SSSR count). The van der Waals surface area contributed by atoms with Crippen LogP contribution in [0.25, 0.3) is 16.7 Å². The molecule has 0 aliphatic rings. The summed E-state index contributed by atoms with van der Waals surface area (Å²) >= 11 is 5.31. The van der Waals surface area contributed by atoms with E-state index in [1.807, 2.05) is 52.0 Å². The second-order valence-corrected chi connectivity index (χ2v) is 8.90. The van der Waals surface area contributed by atoms with Crippen LogP contribution in [0.4, 0.5) is 11.4 Å². The molecule has 1 heterocycles. The first-order chi connectivity index (χ1) is 14.6. The Morgan fingerprint density at radius 1 is 1.06 bits per heavy atom. The van der Waals surface area contributed by atoms with Crippen LogP contribution in [0.3, 0.4) is 0 Å². The van der Waals surface area contributed by atoms with Gasteiger partial charge < -0.3 is 15.5 Å². The third kappa shape index (κ3) is 5.19. The SMILES string of the molecule is CCN(CC)c1ccc(-n2nc3cc(C)c(NC(=S)NC(=O)C(C)(C)C)cc3n2)cc1. The number of rotatable bonds is 5. The van der Waals surface area contributed by atoms with Crippen LogP contribution in [-0.2, 0) is 4.79 Å². The fourth-order valence-electron chi connectivity index (χ4n) is 3.15. The number of hydrogen-bond acceptors (Lipinski definition) is 5. The molecule has 2 aromatic carbocycles. The number of carbonyl (C=O) groups is 1. The number of benzene rings is 2. The largest absolute Gasteiger partial charge is 0.372 e. The van der Waals surface area contributed by atoms with E-state index in [0.717, 1.165) is 41.1 Å². The van der Waals surface area contributed by atoms with E-state index < -0.39 is 5.41 Å². The fraction of sp³-hybridized carbons (Fsp3) is 0.391. The molecule has 31 heavy (non-hydrogen) atoms. The quantitative estimate of drug-likeness (QED) is 0.574. The Morgan fingerprint density at radius 2 is 1.65 bits per heavy atom. The van der Waals surface area contributed by atoms with Gasteiger partial charge in [0.1, 0.15) is 11.0 Å². The first-order valence-electron chi connectivity index (χ1n) is 10.5. The van der Waals surface area contributed by atoms with Crippen molar-refractivity contribution in [1.82, 2.24) is 20.3 Å². The van der Waals surface area contributed by atoms with Crippen LogP contribution < -0.4 is 15.5 Å². The molecule has 0 fully saturated rings. The smallest absolute Gasteiger partial charge is 0.231 e. The van der Waals surface area contributed by atoms with Gasteiger partial charge in [-0.25, -0.2) is 0 Å². The van der Waals surface area contributed by atoms with E-state index in [-0.39, 0.29) is 11.0 Å². The molecule has 0 bridgehead atoms. The first kappa shape index (κ1) is 22.7. The van der Waals surface area contributed by atoms with E-state index in [1.54, 1.807) is 4.80 Å². The molecule has 8 heteroatoms. The Hall–Kier alpha value is -3.00. The molecule has 3 aromatic rings. The molecule has 0 saturated carbocycles. The third-order valence-corrected chi connectivity index (χ3v) is 5.30. The number of hydrogen-bond donors (Lipinski definition) is 2. The van der Waals surface area contributed by atoms with Crippen molar-refractivity contribution in [3.63, 3.8) is 0 Å². The summed E-state index contributed by atoms with van der Waals surface area (Å²) < 4.78 is 0. The molecule has 0 unspecified atom stereocenters. The van der Waals surface area contributed by atoms with Crippen molar-refractivity contribution >= 4 is 45.6 Å². The van der Waals surface area contributed by atoms with Crippen LogP contribution in [-0.4, -0.2) is 39.1 Å². The Kier molecular flexibility index (Phi) is 6.59. The summed E-state index contributed by atoms with van der Waals surface area (Å²) in [6.45, 7) is 13.7. The highest BCUT2D eigenvalue weighted by atomic mass is 32.1. The number of nitrogens with zero attached hydrogens (tertiary/aromatic N) is 4. The Labute approximate surface area is 188 Å². The number of aryl methyl sites for hydroxylation is 1. The Bertz CT molecular complexity index is 1090. The van der Waals surface area contributed by atoms with E-state index in [1.165, 1.54) is 5.69 Å². The van der Waals surface area contributed by atoms with E-state index in [4.69, 9.17) is 12.2 Å². The molecular formula is C23H30N6OS. The molecule has 0 aliphatic heterocycles. The lowest BCUT2D eigenvalue weighted by molar-refractivity contribution is -0.126. The summed E-state index contributed by atoms with van der Waals surface area (Å²) in [6, 6.07) is 12.1. The molecule has 2 N–H and O–H groups in total. The molecule has 0 spiro atoms. The van der Waals surface area contributed by atoms with Gasteiger partial charge in [-0.1, -0.05) is 20.8 Å². The lowest BCUT2D eigenvalue weighted by Gasteiger charge is -2.20. The zero-order chi connectivity index (χ0) is 22.8. The average molecular weight is 439 g/mol. The minimum Gasteiger partial charge on any atom is -0.372 e. The predicted octanol–water partition coefficient (Wildman–Crippen LogP) is 4.43. The standard InChI is InChI=1S/C23H30N6OS/c1-7-28(8-2)16-9-11-17(12-10-16)29-26-19-13-15(3)18(14-20(19)27-29)24-22(31)25-21(30)23(4,5)6/h9-14H,7-8H2,1-6H3,(H2,24,25,30,31). The normalized spacial score (nSPS) is 11.4. The van der Waals surface area contributed by atoms with Crippen LogP contribution in [0.15, 0.2) is 36.4 Å². The van der Waals surface area contributed by atoms with Crippen molar-refractivity contribution in [2.75, 3.05) is 23.3 Å². The van der Waals surface area contributed by atoms with Gasteiger partial charge >= 0.3 is 0 Å². The van der Waals surface area contributed by atoms with Crippen LogP contribution in [0.2, 0.25) is 0 Å². The van der Waals surface area contributed by atoms with Gasteiger partial charge in [0.2, 0.25) is 5.91 Å². The minimum atomic E-state index is -0.520. The van der Waals surface area contributed by atoms with Gasteiger partial charge in [0.15, 0.2) is 5.11 Å². The van der Waals surface area contributed by atoms with Gasteiger partial charge in [0, 0.05) is 29.9 Å². The molecule has 0 atom stereocenters. The zero-order valence-corrected chi connectivity index (χ0v) is 19.8. The maximum atomic E-state index is 12.2. The number of nitrogens with one attached hydrogen (secondary N) is 2. The van der Waals surface area contributed by atoms with Gasteiger partial charge in [-0.3, -0.25) is 4.79 Å². The van der Waals surface area contributed by atoms with Crippen molar-refractivity contribution in [3.05, 3.63) is 42.0 Å². The maximum Gasteiger partial charge on any atom is 0.231 e. The number of anilines is 2. The monoisotopic (exact) mass is 438 g/mol. The molecule has 0 radical (unpaired) electrons. The Morgan fingerprint density at radius 3 is 2.19 bits per heavy atom. The van der Waals surface area contributed by atoms with E-state index >= 15 is 0 Å². The van der Waals surface area contributed by atoms with Crippen molar-refractivity contribution in [3.8, 4) is 5.69 Å². The first-order valence-corrected chi connectivity index (χ1v) is 10.9. The summed E-state index contributed by atoms with van der Waals surface area (Å²) in [5, 5.41) is 15.4. The highest BCUT2D eigenvalue weighted by molar-refractivity contribution is 7.80. The van der Waals surface area contributed by atoms with Gasteiger partial charge in [0.25, 0.3) is 0 Å². The van der Waals surface area contributed by atoms with Crippen LogP contribution in [0.5, 0.6) is 0 Å². The summed E-state index contributed by atoms with van der Waals surface area (Å²) in [5.74, 6) is -0.136. The van der Waals surface area contributed by atoms with Crippen LogP contribution in [0, 0.1) is 12.3 Å². The Balaban J connectivity index is 1.82. The second-order valence-electron chi connectivity index (χ2n) is 8.49. The summed E-state index contributed by atoms with van der Waals surface area (Å²) in [6.07, 6.45) is 0. The number of aromatic nitrogens is 3. The van der Waals surface area contributed by atoms with E-state index in [2.05, 4.69) is 51.7 Å². The van der Waals surface area contributed by atoms with Gasteiger partial charge in [-0.15, -0.1) is 10.2 Å². The summed E-state index contributed by atoms with van der Waals surface area (Å²) in [5.41, 5.74) is 4.84. The van der Waals surface area contributed by atoms with E-state index in [0.29, 0.717) is 0 Å². The van der Waals surface area contributed by atoms with Crippen molar-refractivity contribution in [2.45, 2.75) is 41.5 Å². The van der Waals surface area contributed by atoms with Gasteiger partial charge in [-0.05, 0) is 75.0 Å². The second kappa shape index (κ2) is 9.01. The topological polar surface area (TPSA) is 75.1 Å². The predicted molar refractivity (Wildman–Crippen MR) is 131 cm³/mol. The number of carbonyl (C=O) groups excluding carboxylic acids is 1. The van der Waals surface area contributed by atoms with Crippen LogP contribution in [0.1, 0.15) is 40.2 Å². The van der Waals surface area contributed by atoms with Gasteiger partial charge in [-0.2, -0.15) is 4.80 Å². The third-order valence-electron chi connectivity index (χ3n) is 5.09. The molecular weight excluding hydrogens is 408 g/mol. The molecule has 7 nitrogen and oxygen atoms in total.